The van der Waals surface area contributed by atoms with Gasteiger partial charge in [0, 0.05) is 6.07 Å². The Morgan fingerprint density at radius 2 is 2.23 bits per heavy atom. The van der Waals surface area contributed by atoms with Gasteiger partial charge in [-0.05, 0) is 24.5 Å². The van der Waals surface area contributed by atoms with E-state index < -0.39 is 21.8 Å². The van der Waals surface area contributed by atoms with E-state index in [1.807, 2.05) is 13.0 Å². The van der Waals surface area contributed by atoms with Crippen LogP contribution in [0, 0.1) is 5.92 Å². The number of amides is 1. The van der Waals surface area contributed by atoms with Crippen molar-refractivity contribution in [2.75, 3.05) is 19.5 Å². The van der Waals surface area contributed by atoms with E-state index in [1.165, 1.54) is 0 Å². The summed E-state index contributed by atoms with van der Waals surface area (Å²) in [5.74, 6) is 0.326. The van der Waals surface area contributed by atoms with Gasteiger partial charge in [-0.25, -0.2) is 8.42 Å². The standard InChI is InChI=1S/C15H21NO5S/c1-3-4-7-22(18,19)16-15(17)12-8-11-5-6-13(20-2)9-14(11)21-10-12/h5-6,9,12H,3-4,7-8,10H2,1-2H3,(H,16,17). The van der Waals surface area contributed by atoms with Gasteiger partial charge < -0.3 is 9.47 Å². The van der Waals surface area contributed by atoms with E-state index in [0.717, 1.165) is 12.0 Å². The second-order valence-corrected chi connectivity index (χ2v) is 7.17. The maximum Gasteiger partial charge on any atom is 0.240 e. The van der Waals surface area contributed by atoms with Gasteiger partial charge in [0.2, 0.25) is 15.9 Å². The number of methoxy groups -OCH3 is 1. The lowest BCUT2D eigenvalue weighted by Crippen LogP contribution is -2.41. The third-order valence-electron chi connectivity index (χ3n) is 3.57. The summed E-state index contributed by atoms with van der Waals surface area (Å²) in [5.41, 5.74) is 0.873. The van der Waals surface area contributed by atoms with Gasteiger partial charge in [0.1, 0.15) is 18.1 Å². The SMILES string of the molecule is CCCCS(=O)(=O)NC(=O)C1COc2cc(OC)ccc2C1. The zero-order chi connectivity index (χ0) is 16.2. The van der Waals surface area contributed by atoms with Crippen LogP contribution >= 0.6 is 0 Å². The van der Waals surface area contributed by atoms with Crippen molar-refractivity contribution in [2.24, 2.45) is 5.92 Å². The minimum Gasteiger partial charge on any atom is -0.497 e. The molecule has 1 aromatic rings. The zero-order valence-electron chi connectivity index (χ0n) is 12.8. The lowest BCUT2D eigenvalue weighted by molar-refractivity contribution is -0.124. The fourth-order valence-electron chi connectivity index (χ4n) is 2.27. The molecule has 1 aliphatic heterocycles. The van der Waals surface area contributed by atoms with E-state index in [4.69, 9.17) is 9.47 Å². The maximum atomic E-state index is 12.1. The highest BCUT2D eigenvalue weighted by Crippen LogP contribution is 2.31. The maximum absolute atomic E-state index is 12.1. The number of hydrogen-bond acceptors (Lipinski definition) is 5. The Morgan fingerprint density at radius 1 is 1.45 bits per heavy atom. The van der Waals surface area contributed by atoms with Gasteiger partial charge in [0.05, 0.1) is 18.8 Å². The smallest absolute Gasteiger partial charge is 0.240 e. The van der Waals surface area contributed by atoms with Gasteiger partial charge in [-0.3, -0.25) is 9.52 Å². The number of benzene rings is 1. The van der Waals surface area contributed by atoms with Crippen LogP contribution in [0.1, 0.15) is 25.3 Å². The first-order valence-corrected chi connectivity index (χ1v) is 8.94. The van der Waals surface area contributed by atoms with E-state index in [2.05, 4.69) is 4.72 Å². The Morgan fingerprint density at radius 3 is 2.91 bits per heavy atom. The van der Waals surface area contributed by atoms with Crippen LogP contribution in [0.5, 0.6) is 11.5 Å². The third kappa shape index (κ3) is 4.13. The van der Waals surface area contributed by atoms with Gasteiger partial charge in [0.25, 0.3) is 0 Å². The summed E-state index contributed by atoms with van der Waals surface area (Å²) in [6, 6.07) is 5.39. The molecule has 0 radical (unpaired) electrons. The molecule has 0 fully saturated rings. The van der Waals surface area contributed by atoms with Crippen molar-refractivity contribution < 1.29 is 22.7 Å². The first-order valence-electron chi connectivity index (χ1n) is 7.29. The molecule has 1 aromatic carbocycles. The Labute approximate surface area is 130 Å². The Bertz CT molecular complexity index is 641. The molecule has 2 rings (SSSR count). The highest BCUT2D eigenvalue weighted by atomic mass is 32.2. The molecule has 0 saturated carbocycles. The van der Waals surface area contributed by atoms with Crippen molar-refractivity contribution >= 4 is 15.9 Å². The molecule has 1 heterocycles. The van der Waals surface area contributed by atoms with E-state index in [1.54, 1.807) is 19.2 Å². The van der Waals surface area contributed by atoms with Crippen molar-refractivity contribution in [1.29, 1.82) is 0 Å². The second-order valence-electron chi connectivity index (χ2n) is 5.32. The molecule has 0 bridgehead atoms. The molecule has 7 heteroatoms. The van der Waals surface area contributed by atoms with Gasteiger partial charge in [-0.2, -0.15) is 0 Å². The average molecular weight is 327 g/mol. The molecule has 22 heavy (non-hydrogen) atoms. The summed E-state index contributed by atoms with van der Waals surface area (Å²) < 4.78 is 36.4. The molecule has 0 saturated heterocycles. The summed E-state index contributed by atoms with van der Waals surface area (Å²) in [6.45, 7) is 2.06. The molecule has 1 amide bonds. The molecule has 6 nitrogen and oxygen atoms in total. The minimum atomic E-state index is -3.56. The largest absolute Gasteiger partial charge is 0.497 e. The van der Waals surface area contributed by atoms with Gasteiger partial charge in [-0.15, -0.1) is 0 Å². The molecular formula is C15H21NO5S. The fourth-order valence-corrected chi connectivity index (χ4v) is 3.51. The normalized spacial score (nSPS) is 17.3. The van der Waals surface area contributed by atoms with Crippen LogP contribution < -0.4 is 14.2 Å². The van der Waals surface area contributed by atoms with Crippen molar-refractivity contribution in [3.05, 3.63) is 23.8 Å². The topological polar surface area (TPSA) is 81.7 Å². The molecule has 1 aliphatic rings. The van der Waals surface area contributed by atoms with Crippen molar-refractivity contribution in [3.8, 4) is 11.5 Å². The van der Waals surface area contributed by atoms with Crippen LogP contribution in [0.15, 0.2) is 18.2 Å². The monoisotopic (exact) mass is 327 g/mol. The first kappa shape index (κ1) is 16.6. The number of sulfonamides is 1. The van der Waals surface area contributed by atoms with Gasteiger partial charge >= 0.3 is 0 Å². The second kappa shape index (κ2) is 7.00. The quantitative estimate of drug-likeness (QED) is 0.856. The number of ether oxygens (including phenoxy) is 2. The summed E-state index contributed by atoms with van der Waals surface area (Å²) in [4.78, 5) is 12.1. The molecule has 1 atom stereocenters. The van der Waals surface area contributed by atoms with Crippen LogP contribution in [0.4, 0.5) is 0 Å². The van der Waals surface area contributed by atoms with E-state index in [0.29, 0.717) is 24.3 Å². The number of fused-ring (bicyclic) bond motifs is 1. The molecular weight excluding hydrogens is 306 g/mol. The van der Waals surface area contributed by atoms with Crippen molar-refractivity contribution in [1.82, 2.24) is 4.72 Å². The summed E-state index contributed by atoms with van der Waals surface area (Å²) in [5, 5.41) is 0. The number of rotatable bonds is 6. The molecule has 0 aromatic heterocycles. The summed E-state index contributed by atoms with van der Waals surface area (Å²) in [6.07, 6.45) is 1.75. The van der Waals surface area contributed by atoms with Crippen LogP contribution in [-0.2, 0) is 21.2 Å². The van der Waals surface area contributed by atoms with E-state index in [-0.39, 0.29) is 12.4 Å². The van der Waals surface area contributed by atoms with Crippen molar-refractivity contribution in [3.63, 3.8) is 0 Å². The molecule has 122 valence electrons. The molecule has 0 aliphatic carbocycles. The number of carbonyl (C=O) groups excluding carboxylic acids is 1. The highest BCUT2D eigenvalue weighted by Gasteiger charge is 2.28. The zero-order valence-corrected chi connectivity index (χ0v) is 13.6. The van der Waals surface area contributed by atoms with Crippen LogP contribution in [-0.4, -0.2) is 33.8 Å². The van der Waals surface area contributed by atoms with Crippen LogP contribution in [0.3, 0.4) is 0 Å². The van der Waals surface area contributed by atoms with Gasteiger partial charge in [0.15, 0.2) is 0 Å². The number of hydrogen-bond donors (Lipinski definition) is 1. The fraction of sp³-hybridized carbons (Fsp3) is 0.533. The average Bonchev–Trinajstić information content (AvgIpc) is 2.51. The lowest BCUT2D eigenvalue weighted by atomic mass is 9.96. The summed E-state index contributed by atoms with van der Waals surface area (Å²) in [7, 11) is -1.98. The summed E-state index contributed by atoms with van der Waals surface area (Å²) >= 11 is 0. The Kier molecular flexibility index (Phi) is 5.28. The Balaban J connectivity index is 2.01. The predicted molar refractivity (Wildman–Crippen MR) is 82.5 cm³/mol. The molecule has 1 unspecified atom stereocenters. The van der Waals surface area contributed by atoms with Gasteiger partial charge in [-0.1, -0.05) is 19.4 Å². The van der Waals surface area contributed by atoms with Crippen LogP contribution in [0.2, 0.25) is 0 Å². The lowest BCUT2D eigenvalue weighted by Gasteiger charge is -2.24. The van der Waals surface area contributed by atoms with Crippen LogP contribution in [0.25, 0.3) is 0 Å². The number of carbonyl (C=O) groups is 1. The predicted octanol–water partition coefficient (Wildman–Crippen LogP) is 1.49. The molecule has 0 spiro atoms. The highest BCUT2D eigenvalue weighted by molar-refractivity contribution is 7.90. The minimum absolute atomic E-state index is 0.0311. The number of nitrogens with one attached hydrogen (secondary N) is 1. The first-order chi connectivity index (χ1) is 10.4. The van der Waals surface area contributed by atoms with Crippen molar-refractivity contribution in [2.45, 2.75) is 26.2 Å². The molecule has 1 N–H and O–H groups in total. The van der Waals surface area contributed by atoms with E-state index in [9.17, 15) is 13.2 Å². The van der Waals surface area contributed by atoms with E-state index >= 15 is 0 Å². The Hall–Kier alpha value is -1.76. The number of unbranched alkanes of at least 4 members (excludes halogenated alkanes) is 1. The third-order valence-corrected chi connectivity index (χ3v) is 4.91.